The van der Waals surface area contributed by atoms with Crippen LogP contribution in [0, 0.1) is 23.7 Å². The first-order valence-electron chi connectivity index (χ1n) is 19.0. The number of hydrogen-bond donors (Lipinski definition) is 4. The lowest BCUT2D eigenvalue weighted by Crippen LogP contribution is -2.51. The van der Waals surface area contributed by atoms with Crippen LogP contribution in [0.2, 0.25) is 0 Å². The Bertz CT molecular complexity index is 2030. The maximum absolute atomic E-state index is 13.5. The average molecular weight is 765 g/mol. The van der Waals surface area contributed by atoms with Crippen molar-refractivity contribution < 1.29 is 28.7 Å². The van der Waals surface area contributed by atoms with Gasteiger partial charge >= 0.3 is 12.2 Å². The van der Waals surface area contributed by atoms with E-state index in [1.165, 1.54) is 14.2 Å². The van der Waals surface area contributed by atoms with Crippen LogP contribution in [0.3, 0.4) is 0 Å². The largest absolute Gasteiger partial charge is 0.453 e. The predicted octanol–water partition coefficient (Wildman–Crippen LogP) is 6.03. The summed E-state index contributed by atoms with van der Waals surface area (Å²) in [5, 5.41) is 5.35. The molecule has 1 fully saturated rings. The molecule has 296 valence electrons. The highest BCUT2D eigenvalue weighted by Gasteiger charge is 2.37. The number of carbonyl (C=O) groups is 4. The fourth-order valence-corrected chi connectivity index (χ4v) is 6.66. The molecule has 56 heavy (non-hydrogen) atoms. The van der Waals surface area contributed by atoms with E-state index in [2.05, 4.69) is 42.4 Å². The molecule has 5 rings (SSSR count). The van der Waals surface area contributed by atoms with Crippen LogP contribution in [0.4, 0.5) is 9.59 Å². The van der Waals surface area contributed by atoms with Gasteiger partial charge in [0, 0.05) is 24.2 Å². The number of benzene rings is 2. The van der Waals surface area contributed by atoms with Gasteiger partial charge in [-0.3, -0.25) is 9.59 Å². The topological polar surface area (TPSA) is 175 Å². The number of aromatic amines is 2. The third kappa shape index (κ3) is 10.1. The summed E-state index contributed by atoms with van der Waals surface area (Å²) in [6.07, 6.45) is 4.63. The number of rotatable bonds is 13. The highest BCUT2D eigenvalue weighted by atomic mass is 16.5. The second kappa shape index (κ2) is 19.0. The number of H-pyrrole nitrogens is 2. The Morgan fingerprint density at radius 1 is 0.821 bits per heavy atom. The van der Waals surface area contributed by atoms with Gasteiger partial charge in [0.1, 0.15) is 23.7 Å². The van der Waals surface area contributed by atoms with Crippen molar-refractivity contribution >= 4 is 24.0 Å². The van der Waals surface area contributed by atoms with Crippen LogP contribution >= 0.6 is 0 Å². The van der Waals surface area contributed by atoms with E-state index in [1.807, 2.05) is 83.1 Å². The minimum Gasteiger partial charge on any atom is -0.453 e. The molecular weight excluding hydrogens is 713 g/mol. The van der Waals surface area contributed by atoms with Crippen molar-refractivity contribution in [1.29, 1.82) is 0 Å². The molecule has 0 spiro atoms. The van der Waals surface area contributed by atoms with Gasteiger partial charge in [-0.05, 0) is 66.5 Å². The fraction of sp³-hybridized carbons (Fsp3) is 0.429. The van der Waals surface area contributed by atoms with Crippen molar-refractivity contribution in [2.24, 2.45) is 11.8 Å². The Balaban J connectivity index is 1.20. The van der Waals surface area contributed by atoms with Gasteiger partial charge in [0.05, 0.1) is 50.6 Å². The molecule has 14 nitrogen and oxygen atoms in total. The molecule has 1 aliphatic rings. The van der Waals surface area contributed by atoms with E-state index in [4.69, 9.17) is 9.47 Å². The SMILES string of the molecule is CCCN(Cc1ncc(-c2ccc(C#Cc3ccc(-c4cnc([C@@H]5CCCN5C(=O)[C@@H](NC(=O)OC)C(C)C)[nH]4)cc3)cc2)[nH]1)C(=O)[C@@H](NC(=O)OC)C(C)C. The minimum absolute atomic E-state index is 0.107. The van der Waals surface area contributed by atoms with Crippen LogP contribution in [0.25, 0.3) is 22.5 Å². The van der Waals surface area contributed by atoms with Crippen LogP contribution < -0.4 is 10.6 Å². The van der Waals surface area contributed by atoms with Gasteiger partial charge in [-0.2, -0.15) is 0 Å². The molecule has 0 saturated carbocycles. The zero-order valence-electron chi connectivity index (χ0n) is 33.1. The quantitative estimate of drug-likeness (QED) is 0.119. The number of nitrogens with zero attached hydrogens (tertiary/aromatic N) is 4. The number of ether oxygens (including phenoxy) is 2. The van der Waals surface area contributed by atoms with Crippen molar-refractivity contribution in [3.05, 3.63) is 83.7 Å². The van der Waals surface area contributed by atoms with Gasteiger partial charge in [-0.1, -0.05) is 70.7 Å². The van der Waals surface area contributed by atoms with E-state index in [0.29, 0.717) is 24.7 Å². The summed E-state index contributed by atoms with van der Waals surface area (Å²) < 4.78 is 9.47. The van der Waals surface area contributed by atoms with E-state index in [9.17, 15) is 19.2 Å². The predicted molar refractivity (Wildman–Crippen MR) is 212 cm³/mol. The van der Waals surface area contributed by atoms with E-state index in [-0.39, 0.29) is 36.2 Å². The molecular formula is C42H52N8O6. The first-order chi connectivity index (χ1) is 26.9. The van der Waals surface area contributed by atoms with E-state index >= 15 is 0 Å². The summed E-state index contributed by atoms with van der Waals surface area (Å²) in [7, 11) is 2.56. The third-order valence-corrected chi connectivity index (χ3v) is 9.75. The Morgan fingerprint density at radius 2 is 1.36 bits per heavy atom. The maximum Gasteiger partial charge on any atom is 0.407 e. The molecule has 1 aliphatic heterocycles. The number of amides is 4. The Hall–Kier alpha value is -6.10. The Morgan fingerprint density at radius 3 is 1.89 bits per heavy atom. The van der Waals surface area contributed by atoms with E-state index in [1.54, 1.807) is 22.2 Å². The number of methoxy groups -OCH3 is 2. The molecule has 3 heterocycles. The van der Waals surface area contributed by atoms with Crippen LogP contribution in [0.1, 0.15) is 82.7 Å². The molecule has 2 aromatic carbocycles. The van der Waals surface area contributed by atoms with Gasteiger partial charge in [0.25, 0.3) is 0 Å². The summed E-state index contributed by atoms with van der Waals surface area (Å²) in [5.41, 5.74) is 5.24. The van der Waals surface area contributed by atoms with Gasteiger partial charge < -0.3 is 39.9 Å². The number of hydrogen-bond acceptors (Lipinski definition) is 8. The molecule has 1 saturated heterocycles. The summed E-state index contributed by atoms with van der Waals surface area (Å²) in [6, 6.07) is 14.1. The molecule has 14 heteroatoms. The summed E-state index contributed by atoms with van der Waals surface area (Å²) >= 11 is 0. The van der Waals surface area contributed by atoms with Crippen molar-refractivity contribution in [2.75, 3.05) is 27.3 Å². The molecule has 0 aliphatic carbocycles. The summed E-state index contributed by atoms with van der Waals surface area (Å²) in [5.74, 6) is 7.25. The second-order valence-electron chi connectivity index (χ2n) is 14.5. The van der Waals surface area contributed by atoms with Crippen molar-refractivity contribution in [3.63, 3.8) is 0 Å². The van der Waals surface area contributed by atoms with Crippen molar-refractivity contribution in [3.8, 4) is 34.4 Å². The zero-order chi connectivity index (χ0) is 40.4. The number of nitrogens with one attached hydrogen (secondary N) is 4. The third-order valence-electron chi connectivity index (χ3n) is 9.75. The zero-order valence-corrected chi connectivity index (χ0v) is 33.1. The highest BCUT2D eigenvalue weighted by Crippen LogP contribution is 2.33. The molecule has 2 aromatic heterocycles. The van der Waals surface area contributed by atoms with Crippen LogP contribution in [0.15, 0.2) is 60.9 Å². The molecule has 0 bridgehead atoms. The van der Waals surface area contributed by atoms with Gasteiger partial charge in [0.2, 0.25) is 11.8 Å². The lowest BCUT2D eigenvalue weighted by molar-refractivity contribution is -0.136. The van der Waals surface area contributed by atoms with Crippen molar-refractivity contribution in [2.45, 2.75) is 78.6 Å². The maximum atomic E-state index is 13.5. The average Bonchev–Trinajstić information content (AvgIpc) is 3.99. The molecule has 0 radical (unpaired) electrons. The fourth-order valence-electron chi connectivity index (χ4n) is 6.66. The molecule has 4 amide bonds. The number of imidazole rings is 2. The summed E-state index contributed by atoms with van der Waals surface area (Å²) in [4.78, 5) is 70.1. The lowest BCUT2D eigenvalue weighted by Gasteiger charge is -2.30. The number of carbonyl (C=O) groups excluding carboxylic acids is 4. The second-order valence-corrected chi connectivity index (χ2v) is 14.5. The number of aromatic nitrogens is 4. The Labute approximate surface area is 328 Å². The van der Waals surface area contributed by atoms with Gasteiger partial charge in [-0.25, -0.2) is 19.6 Å². The first kappa shape index (κ1) is 41.1. The van der Waals surface area contributed by atoms with Crippen LogP contribution in [0.5, 0.6) is 0 Å². The summed E-state index contributed by atoms with van der Waals surface area (Å²) in [6.45, 7) is 10.9. The van der Waals surface area contributed by atoms with Crippen LogP contribution in [-0.2, 0) is 25.6 Å². The smallest absolute Gasteiger partial charge is 0.407 e. The van der Waals surface area contributed by atoms with Gasteiger partial charge in [-0.15, -0.1) is 0 Å². The monoisotopic (exact) mass is 764 g/mol. The first-order valence-corrected chi connectivity index (χ1v) is 19.0. The molecule has 3 atom stereocenters. The lowest BCUT2D eigenvalue weighted by atomic mass is 10.0. The van der Waals surface area contributed by atoms with Gasteiger partial charge in [0.15, 0.2) is 0 Å². The highest BCUT2D eigenvalue weighted by molar-refractivity contribution is 5.87. The molecule has 4 N–H and O–H groups in total. The normalized spacial score (nSPS) is 14.8. The standard InChI is InChI=1S/C42H52N8O6/c1-8-21-49(39(51)36(26(2)3)47-41(53)55-6)25-35-43-23-32(45-35)30-17-13-28(14-18-30)11-12-29-15-19-31(20-16-29)33-24-44-38(46-33)34-10-9-22-50(34)40(52)37(27(4)5)48-42(54)56-7/h13-20,23-24,26-27,34,36-37H,8-10,21-22,25H2,1-7H3,(H,43,45)(H,44,46)(H,47,53)(H,48,54)/t34-,36-,37-/m0/s1. The Kier molecular flexibility index (Phi) is 13.9. The molecule has 0 unspecified atom stereocenters. The van der Waals surface area contributed by atoms with Crippen LogP contribution in [-0.4, -0.2) is 93.1 Å². The van der Waals surface area contributed by atoms with Crippen molar-refractivity contribution in [1.82, 2.24) is 40.4 Å². The number of likely N-dealkylation sites (tertiary alicyclic amines) is 1. The van der Waals surface area contributed by atoms with E-state index in [0.717, 1.165) is 52.9 Å². The molecule has 4 aromatic rings. The minimum atomic E-state index is -0.712. The van der Waals surface area contributed by atoms with E-state index < -0.39 is 24.3 Å². The number of alkyl carbamates (subject to hydrolysis) is 2.